The minimum atomic E-state index is -2.64. The third kappa shape index (κ3) is 3.36. The quantitative estimate of drug-likeness (QED) is 0.846. The smallest absolute Gasteiger partial charge is 0.265 e. The minimum absolute atomic E-state index is 0.134. The van der Waals surface area contributed by atoms with Crippen molar-refractivity contribution in [1.29, 1.82) is 0 Å². The lowest BCUT2D eigenvalue weighted by atomic mass is 10.2. The minimum Gasteiger partial charge on any atom is -0.477 e. The largest absolute Gasteiger partial charge is 0.477 e. The summed E-state index contributed by atoms with van der Waals surface area (Å²) in [6, 6.07) is 7.09. The fourth-order valence-electron chi connectivity index (χ4n) is 2.03. The highest BCUT2D eigenvalue weighted by atomic mass is 19.3. The van der Waals surface area contributed by atoms with Crippen molar-refractivity contribution in [2.24, 2.45) is 0 Å². The van der Waals surface area contributed by atoms with E-state index in [9.17, 15) is 13.6 Å². The van der Waals surface area contributed by atoms with Gasteiger partial charge in [0.1, 0.15) is 5.75 Å². The fourth-order valence-corrected chi connectivity index (χ4v) is 2.03. The molecule has 0 fully saturated rings. The summed E-state index contributed by atoms with van der Waals surface area (Å²) in [7, 11) is 0. The lowest BCUT2D eigenvalue weighted by Crippen LogP contribution is -2.49. The number of aliphatic hydroxyl groups is 1. The summed E-state index contributed by atoms with van der Waals surface area (Å²) < 4.78 is 30.4. The van der Waals surface area contributed by atoms with Crippen LogP contribution in [0.2, 0.25) is 0 Å². The van der Waals surface area contributed by atoms with Crippen LogP contribution in [0.1, 0.15) is 0 Å². The highest BCUT2D eigenvalue weighted by Gasteiger charge is 2.30. The number of rotatable bonds is 5. The van der Waals surface area contributed by atoms with Gasteiger partial charge < -0.3 is 20.1 Å². The van der Waals surface area contributed by atoms with Crippen LogP contribution in [0.4, 0.5) is 14.5 Å². The van der Waals surface area contributed by atoms with Crippen LogP contribution in [-0.2, 0) is 4.79 Å². The van der Waals surface area contributed by atoms with Crippen molar-refractivity contribution < 1.29 is 23.4 Å². The molecular weight excluding hydrogens is 270 g/mol. The van der Waals surface area contributed by atoms with Gasteiger partial charge in [0, 0.05) is 6.54 Å². The molecule has 2 rings (SSSR count). The molecule has 0 spiro atoms. The molecule has 20 heavy (non-hydrogen) atoms. The van der Waals surface area contributed by atoms with Gasteiger partial charge in [-0.3, -0.25) is 4.79 Å². The van der Waals surface area contributed by atoms with E-state index >= 15 is 0 Å². The van der Waals surface area contributed by atoms with Gasteiger partial charge >= 0.3 is 0 Å². The number of ether oxygens (including phenoxy) is 1. The number of alkyl halides is 2. The summed E-state index contributed by atoms with van der Waals surface area (Å²) in [5.74, 6) is -0.0422. The Labute approximate surface area is 115 Å². The monoisotopic (exact) mass is 286 g/mol. The zero-order chi connectivity index (χ0) is 14.5. The zero-order valence-corrected chi connectivity index (χ0v) is 10.8. The van der Waals surface area contributed by atoms with Gasteiger partial charge in [-0.1, -0.05) is 12.1 Å². The third-order valence-corrected chi connectivity index (χ3v) is 2.95. The molecule has 1 heterocycles. The van der Waals surface area contributed by atoms with Crippen molar-refractivity contribution in [3.05, 3.63) is 24.3 Å². The Bertz CT molecular complexity index is 471. The Kier molecular flexibility index (Phi) is 4.73. The maximum Gasteiger partial charge on any atom is 0.265 e. The Hall–Kier alpha value is -1.89. The molecule has 0 saturated heterocycles. The van der Waals surface area contributed by atoms with Crippen molar-refractivity contribution in [3.63, 3.8) is 0 Å². The molecule has 1 aliphatic heterocycles. The van der Waals surface area contributed by atoms with Gasteiger partial charge in [-0.15, -0.1) is 0 Å². The zero-order valence-electron chi connectivity index (χ0n) is 10.8. The van der Waals surface area contributed by atoms with Crippen LogP contribution in [0.15, 0.2) is 24.3 Å². The third-order valence-electron chi connectivity index (χ3n) is 2.95. The Morgan fingerprint density at radius 1 is 1.50 bits per heavy atom. The van der Waals surface area contributed by atoms with Gasteiger partial charge in [-0.25, -0.2) is 8.78 Å². The Balaban J connectivity index is 2.05. The first-order valence-electron chi connectivity index (χ1n) is 6.29. The topological polar surface area (TPSA) is 61.8 Å². The van der Waals surface area contributed by atoms with Crippen LogP contribution >= 0.6 is 0 Å². The summed E-state index contributed by atoms with van der Waals surface area (Å²) in [6.07, 6.45) is -3.51. The van der Waals surface area contributed by atoms with Crippen LogP contribution in [0, 0.1) is 0 Å². The summed E-state index contributed by atoms with van der Waals surface area (Å²) in [5, 5.41) is 11.9. The molecule has 7 heteroatoms. The summed E-state index contributed by atoms with van der Waals surface area (Å²) in [6.45, 7) is -0.998. The number of hydrogen-bond donors (Lipinski definition) is 2. The lowest BCUT2D eigenvalue weighted by Gasteiger charge is -2.31. The first-order chi connectivity index (χ1) is 9.61. The average Bonchev–Trinajstić information content (AvgIpc) is 2.45. The molecule has 0 aromatic heterocycles. The molecule has 0 radical (unpaired) electrons. The van der Waals surface area contributed by atoms with Crippen LogP contribution in [0.25, 0.3) is 0 Å². The van der Waals surface area contributed by atoms with Crippen molar-refractivity contribution in [2.45, 2.75) is 12.5 Å². The molecular formula is C13H16F2N2O3. The molecule has 0 aliphatic carbocycles. The molecule has 1 amide bonds. The first kappa shape index (κ1) is 14.5. The number of benzene rings is 1. The number of nitrogens with one attached hydrogen (secondary N) is 1. The highest BCUT2D eigenvalue weighted by molar-refractivity contribution is 5.83. The van der Waals surface area contributed by atoms with Crippen molar-refractivity contribution in [2.75, 3.05) is 31.6 Å². The highest BCUT2D eigenvalue weighted by Crippen LogP contribution is 2.28. The van der Waals surface area contributed by atoms with Crippen LogP contribution in [0.5, 0.6) is 5.75 Å². The number of nitrogens with zero attached hydrogens (tertiary/aromatic N) is 1. The van der Waals surface area contributed by atoms with E-state index in [1.165, 1.54) is 0 Å². The molecule has 2 N–H and O–H groups in total. The number of amides is 1. The molecule has 1 unspecified atom stereocenters. The summed E-state index contributed by atoms with van der Waals surface area (Å²) in [4.78, 5) is 13.1. The van der Waals surface area contributed by atoms with Crippen molar-refractivity contribution >= 4 is 11.6 Å². The number of para-hydroxylation sites is 2. The van der Waals surface area contributed by atoms with E-state index in [-0.39, 0.29) is 19.7 Å². The Morgan fingerprint density at radius 3 is 2.95 bits per heavy atom. The van der Waals surface area contributed by atoms with Crippen LogP contribution < -0.4 is 10.1 Å². The number of fused-ring (bicyclic) bond motifs is 1. The lowest BCUT2D eigenvalue weighted by molar-refractivity contribution is -0.140. The first-order valence-corrected chi connectivity index (χ1v) is 6.29. The van der Waals surface area contributed by atoms with E-state index in [1.807, 2.05) is 6.07 Å². The van der Waals surface area contributed by atoms with E-state index in [0.717, 1.165) is 10.6 Å². The summed E-state index contributed by atoms with van der Waals surface area (Å²) >= 11 is 0. The molecule has 1 aromatic rings. The normalized spacial score (nSPS) is 17.1. The molecule has 1 aliphatic rings. The van der Waals surface area contributed by atoms with Crippen molar-refractivity contribution in [3.8, 4) is 5.75 Å². The predicted octanol–water partition coefficient (Wildman–Crippen LogP) is 0.945. The van der Waals surface area contributed by atoms with Gasteiger partial charge in [0.05, 0.1) is 25.4 Å². The maximum atomic E-state index is 12.4. The van der Waals surface area contributed by atoms with Crippen LogP contribution in [0.3, 0.4) is 0 Å². The van der Waals surface area contributed by atoms with E-state index < -0.39 is 25.0 Å². The van der Waals surface area contributed by atoms with E-state index in [0.29, 0.717) is 5.75 Å². The van der Waals surface area contributed by atoms with Crippen LogP contribution in [-0.4, -0.2) is 54.7 Å². The molecule has 110 valence electrons. The Morgan fingerprint density at radius 2 is 2.25 bits per heavy atom. The van der Waals surface area contributed by atoms with Gasteiger partial charge in [-0.05, 0) is 12.1 Å². The van der Waals surface area contributed by atoms with E-state index in [2.05, 4.69) is 5.32 Å². The van der Waals surface area contributed by atoms with Gasteiger partial charge in [0.15, 0.2) is 6.10 Å². The van der Waals surface area contributed by atoms with E-state index in [1.54, 1.807) is 18.2 Å². The molecule has 1 aromatic carbocycles. The molecule has 1 atom stereocenters. The van der Waals surface area contributed by atoms with Gasteiger partial charge in [0.25, 0.3) is 12.3 Å². The maximum absolute atomic E-state index is 12.4. The second-order valence-corrected chi connectivity index (χ2v) is 4.38. The number of anilines is 1. The number of hydrogen-bond acceptors (Lipinski definition) is 4. The number of halogens is 2. The average molecular weight is 286 g/mol. The summed E-state index contributed by atoms with van der Waals surface area (Å²) in [5.41, 5.74) is 0.763. The standard InChI is InChI=1S/C13H16F2N2O3/c14-12(15)8-17(5-6-18)13(19)11-7-16-9-3-1-2-4-10(9)20-11/h1-4,11-12,16,18H,5-8H2. The van der Waals surface area contributed by atoms with E-state index in [4.69, 9.17) is 9.84 Å². The molecule has 0 bridgehead atoms. The molecule has 5 nitrogen and oxygen atoms in total. The SMILES string of the molecule is O=C(C1CNc2ccccc2O1)N(CCO)CC(F)F. The predicted molar refractivity (Wildman–Crippen MR) is 69.0 cm³/mol. The molecule has 0 saturated carbocycles. The number of aliphatic hydroxyl groups excluding tert-OH is 1. The van der Waals surface area contributed by atoms with Gasteiger partial charge in [0.2, 0.25) is 0 Å². The van der Waals surface area contributed by atoms with Crippen molar-refractivity contribution in [1.82, 2.24) is 4.90 Å². The second-order valence-electron chi connectivity index (χ2n) is 4.38. The second kappa shape index (κ2) is 6.51. The fraction of sp³-hybridized carbons (Fsp3) is 0.462. The number of carbonyl (C=O) groups is 1. The number of carbonyl (C=O) groups excluding carboxylic acids is 1. The van der Waals surface area contributed by atoms with Gasteiger partial charge in [-0.2, -0.15) is 0 Å².